The van der Waals surface area contributed by atoms with Crippen LogP contribution in [0.2, 0.25) is 0 Å². The van der Waals surface area contributed by atoms with Crippen LogP contribution in [0.5, 0.6) is 0 Å². The highest BCUT2D eigenvalue weighted by atomic mass is 35.5. The number of hydrogen-bond acceptors (Lipinski definition) is 1. The maximum absolute atomic E-state index is 5.83. The van der Waals surface area contributed by atoms with Gasteiger partial charge in [-0.2, -0.15) is 0 Å². The molecule has 1 heterocycles. The summed E-state index contributed by atoms with van der Waals surface area (Å²) in [6, 6.07) is 0. The molecule has 0 fully saturated rings. The normalized spacial score (nSPS) is 22.3. The number of halogens is 1. The molecule has 0 aromatic rings. The third-order valence-corrected chi connectivity index (χ3v) is 2.07. The molecule has 1 N–H and O–H groups in total. The molecule has 10 heavy (non-hydrogen) atoms. The Morgan fingerprint density at radius 1 is 1.30 bits per heavy atom. The molecule has 0 unspecified atom stereocenters. The van der Waals surface area contributed by atoms with Crippen LogP contribution in [0.15, 0.2) is 34.5 Å². The van der Waals surface area contributed by atoms with Gasteiger partial charge in [0.15, 0.2) is 0 Å². The summed E-state index contributed by atoms with van der Waals surface area (Å²) in [5.41, 5.74) is 2.72. The van der Waals surface area contributed by atoms with Gasteiger partial charge in [-0.05, 0) is 17.2 Å². The zero-order valence-electron chi connectivity index (χ0n) is 5.52. The molecule has 0 aromatic heterocycles. The van der Waals surface area contributed by atoms with Gasteiger partial charge in [0.05, 0.1) is 0 Å². The standard InChI is InChI=1S/C8H8ClN/c9-8-2-1-6-4-10-5-7(6)3-8/h1-2,5,10H,3-4H2. The maximum Gasteiger partial charge on any atom is 0.0398 e. The quantitative estimate of drug-likeness (QED) is 0.561. The summed E-state index contributed by atoms with van der Waals surface area (Å²) >= 11 is 5.83. The highest BCUT2D eigenvalue weighted by Crippen LogP contribution is 2.27. The van der Waals surface area contributed by atoms with Crippen LogP contribution in [0.4, 0.5) is 0 Å². The van der Waals surface area contributed by atoms with Gasteiger partial charge in [-0.3, -0.25) is 0 Å². The van der Waals surface area contributed by atoms with E-state index in [1.54, 1.807) is 0 Å². The summed E-state index contributed by atoms with van der Waals surface area (Å²) in [5.74, 6) is 0. The van der Waals surface area contributed by atoms with E-state index in [0.717, 1.165) is 18.0 Å². The lowest BCUT2D eigenvalue weighted by Gasteiger charge is -2.07. The van der Waals surface area contributed by atoms with Crippen molar-refractivity contribution in [3.05, 3.63) is 34.5 Å². The Bertz CT molecular complexity index is 248. The molecule has 2 aliphatic rings. The molecular weight excluding hydrogens is 146 g/mol. The fraction of sp³-hybridized carbons (Fsp3) is 0.250. The first kappa shape index (κ1) is 6.05. The molecule has 2 rings (SSSR count). The topological polar surface area (TPSA) is 12.0 Å². The van der Waals surface area contributed by atoms with E-state index in [1.165, 1.54) is 11.1 Å². The third kappa shape index (κ3) is 0.868. The predicted octanol–water partition coefficient (Wildman–Crippen LogP) is 1.93. The van der Waals surface area contributed by atoms with Crippen molar-refractivity contribution in [2.75, 3.05) is 6.54 Å². The van der Waals surface area contributed by atoms with Crippen LogP contribution in [-0.4, -0.2) is 6.54 Å². The molecule has 0 bridgehead atoms. The average molecular weight is 154 g/mol. The molecule has 52 valence electrons. The van der Waals surface area contributed by atoms with Gasteiger partial charge in [-0.15, -0.1) is 0 Å². The second-order valence-corrected chi connectivity index (χ2v) is 3.02. The Morgan fingerprint density at radius 3 is 3.10 bits per heavy atom. The molecule has 0 saturated carbocycles. The fourth-order valence-corrected chi connectivity index (χ4v) is 1.46. The molecule has 0 spiro atoms. The van der Waals surface area contributed by atoms with Crippen molar-refractivity contribution >= 4 is 11.6 Å². The van der Waals surface area contributed by atoms with E-state index >= 15 is 0 Å². The Labute approximate surface area is 65.1 Å². The smallest absolute Gasteiger partial charge is 0.0398 e. The van der Waals surface area contributed by atoms with Crippen molar-refractivity contribution in [3.8, 4) is 0 Å². The van der Waals surface area contributed by atoms with Crippen molar-refractivity contribution in [2.24, 2.45) is 0 Å². The minimum Gasteiger partial charge on any atom is -0.387 e. The molecule has 1 aliphatic heterocycles. The summed E-state index contributed by atoms with van der Waals surface area (Å²) in [6.45, 7) is 0.968. The average Bonchev–Trinajstić information content (AvgIpc) is 2.33. The molecule has 0 saturated heterocycles. The van der Waals surface area contributed by atoms with Gasteiger partial charge < -0.3 is 5.32 Å². The number of allylic oxidation sites excluding steroid dienone is 3. The van der Waals surface area contributed by atoms with E-state index in [1.807, 2.05) is 12.3 Å². The van der Waals surface area contributed by atoms with Crippen LogP contribution in [-0.2, 0) is 0 Å². The molecule has 2 heteroatoms. The fourth-order valence-electron chi connectivity index (χ4n) is 1.25. The molecule has 0 atom stereocenters. The summed E-state index contributed by atoms with van der Waals surface area (Å²) in [7, 11) is 0. The van der Waals surface area contributed by atoms with Gasteiger partial charge in [0.25, 0.3) is 0 Å². The Hall–Kier alpha value is -0.690. The first-order chi connectivity index (χ1) is 4.86. The van der Waals surface area contributed by atoms with E-state index in [2.05, 4.69) is 11.4 Å². The molecule has 1 nitrogen and oxygen atoms in total. The van der Waals surface area contributed by atoms with E-state index < -0.39 is 0 Å². The largest absolute Gasteiger partial charge is 0.387 e. The van der Waals surface area contributed by atoms with Crippen molar-refractivity contribution < 1.29 is 0 Å². The predicted molar refractivity (Wildman–Crippen MR) is 42.7 cm³/mol. The molecule has 1 aliphatic carbocycles. The second-order valence-electron chi connectivity index (χ2n) is 2.53. The Morgan fingerprint density at radius 2 is 2.20 bits per heavy atom. The van der Waals surface area contributed by atoms with Gasteiger partial charge in [0.1, 0.15) is 0 Å². The maximum atomic E-state index is 5.83. The van der Waals surface area contributed by atoms with E-state index in [0.29, 0.717) is 0 Å². The van der Waals surface area contributed by atoms with Crippen LogP contribution in [0, 0.1) is 0 Å². The van der Waals surface area contributed by atoms with E-state index in [-0.39, 0.29) is 0 Å². The van der Waals surface area contributed by atoms with Crippen LogP contribution >= 0.6 is 11.6 Å². The lowest BCUT2D eigenvalue weighted by Crippen LogP contribution is -2.01. The number of hydrogen-bond donors (Lipinski definition) is 1. The van der Waals surface area contributed by atoms with Crippen LogP contribution in [0.25, 0.3) is 0 Å². The second kappa shape index (κ2) is 2.17. The van der Waals surface area contributed by atoms with Crippen LogP contribution in [0.1, 0.15) is 6.42 Å². The minimum atomic E-state index is 0.903. The van der Waals surface area contributed by atoms with Gasteiger partial charge >= 0.3 is 0 Å². The Balaban J connectivity index is 2.35. The first-order valence-electron chi connectivity index (χ1n) is 3.34. The molecule has 0 aromatic carbocycles. The highest BCUT2D eigenvalue weighted by Gasteiger charge is 2.14. The summed E-state index contributed by atoms with van der Waals surface area (Å²) < 4.78 is 0. The Kier molecular flexibility index (Phi) is 1.31. The molecular formula is C8H8ClN. The number of nitrogens with one attached hydrogen (secondary N) is 1. The number of fused-ring (bicyclic) bond motifs is 1. The summed E-state index contributed by atoms with van der Waals surface area (Å²) in [4.78, 5) is 0. The van der Waals surface area contributed by atoms with Crippen LogP contribution < -0.4 is 5.32 Å². The van der Waals surface area contributed by atoms with Crippen molar-refractivity contribution in [2.45, 2.75) is 6.42 Å². The van der Waals surface area contributed by atoms with Crippen LogP contribution in [0.3, 0.4) is 0 Å². The first-order valence-corrected chi connectivity index (χ1v) is 3.72. The highest BCUT2D eigenvalue weighted by molar-refractivity contribution is 6.30. The van der Waals surface area contributed by atoms with Crippen molar-refractivity contribution in [1.82, 2.24) is 5.32 Å². The van der Waals surface area contributed by atoms with Crippen molar-refractivity contribution in [1.29, 1.82) is 0 Å². The zero-order chi connectivity index (χ0) is 6.97. The minimum absolute atomic E-state index is 0.903. The van der Waals surface area contributed by atoms with Gasteiger partial charge in [-0.25, -0.2) is 0 Å². The summed E-state index contributed by atoms with van der Waals surface area (Å²) in [6.07, 6.45) is 7.00. The lowest BCUT2D eigenvalue weighted by molar-refractivity contribution is 1.00. The van der Waals surface area contributed by atoms with E-state index in [4.69, 9.17) is 11.6 Å². The lowest BCUT2D eigenvalue weighted by atomic mass is 10.0. The van der Waals surface area contributed by atoms with E-state index in [9.17, 15) is 0 Å². The zero-order valence-corrected chi connectivity index (χ0v) is 6.28. The van der Waals surface area contributed by atoms with Gasteiger partial charge in [-0.1, -0.05) is 17.7 Å². The molecule has 0 radical (unpaired) electrons. The SMILES string of the molecule is ClC1=CC=C2CNC=C2C1. The summed E-state index contributed by atoms with van der Waals surface area (Å²) in [5, 5.41) is 4.09. The third-order valence-electron chi connectivity index (χ3n) is 1.81. The molecule has 0 amide bonds. The van der Waals surface area contributed by atoms with Gasteiger partial charge in [0, 0.05) is 24.2 Å². The van der Waals surface area contributed by atoms with Gasteiger partial charge in [0.2, 0.25) is 0 Å². The number of rotatable bonds is 0. The monoisotopic (exact) mass is 153 g/mol. The van der Waals surface area contributed by atoms with Crippen molar-refractivity contribution in [3.63, 3.8) is 0 Å².